The first-order chi connectivity index (χ1) is 11.8. The van der Waals surface area contributed by atoms with Crippen molar-refractivity contribution in [1.29, 1.82) is 0 Å². The minimum atomic E-state index is -0.126. The van der Waals surface area contributed by atoms with Gasteiger partial charge in [-0.15, -0.1) is 0 Å². The Morgan fingerprint density at radius 3 is 2.92 bits per heavy atom. The van der Waals surface area contributed by atoms with Gasteiger partial charge in [-0.1, -0.05) is 31.2 Å². The Hall–Kier alpha value is -2.33. The second-order valence-corrected chi connectivity index (χ2v) is 5.94. The number of benzene rings is 2. The van der Waals surface area contributed by atoms with E-state index in [0.717, 1.165) is 37.1 Å². The van der Waals surface area contributed by atoms with Crippen LogP contribution in [0.3, 0.4) is 0 Å². The fraction of sp³-hybridized carbons (Fsp3) is 0.350. The zero-order valence-corrected chi connectivity index (χ0v) is 14.0. The number of hydrogen-bond acceptors (Lipinski definition) is 3. The van der Waals surface area contributed by atoms with Crippen molar-refractivity contribution in [3.05, 3.63) is 59.7 Å². The van der Waals surface area contributed by atoms with Gasteiger partial charge in [-0.2, -0.15) is 0 Å². The van der Waals surface area contributed by atoms with Gasteiger partial charge in [-0.3, -0.25) is 4.79 Å². The van der Waals surface area contributed by atoms with Crippen LogP contribution >= 0.6 is 0 Å². The molecule has 4 heteroatoms. The number of carbonyl (C=O) groups is 1. The first-order valence-corrected chi connectivity index (χ1v) is 8.50. The molecule has 1 aliphatic rings. The van der Waals surface area contributed by atoms with Crippen molar-refractivity contribution in [2.45, 2.75) is 32.3 Å². The molecule has 0 radical (unpaired) electrons. The molecule has 0 unspecified atom stereocenters. The lowest BCUT2D eigenvalue weighted by Crippen LogP contribution is -2.17. The van der Waals surface area contributed by atoms with Gasteiger partial charge in [-0.05, 0) is 49.1 Å². The van der Waals surface area contributed by atoms with E-state index < -0.39 is 0 Å². The molecule has 0 saturated carbocycles. The predicted octanol–water partition coefficient (Wildman–Crippen LogP) is 4.06. The third-order valence-electron chi connectivity index (χ3n) is 4.20. The average Bonchev–Trinajstić information content (AvgIpc) is 3.14. The normalized spacial score (nSPS) is 16.8. The van der Waals surface area contributed by atoms with Crippen molar-refractivity contribution < 1.29 is 14.3 Å². The smallest absolute Gasteiger partial charge is 0.255 e. The molecule has 3 rings (SSSR count). The van der Waals surface area contributed by atoms with E-state index in [4.69, 9.17) is 9.47 Å². The van der Waals surface area contributed by atoms with Gasteiger partial charge in [0.1, 0.15) is 12.4 Å². The molecule has 0 bridgehead atoms. The highest BCUT2D eigenvalue weighted by molar-refractivity contribution is 6.04. The van der Waals surface area contributed by atoms with Crippen molar-refractivity contribution in [2.75, 3.05) is 18.5 Å². The van der Waals surface area contributed by atoms with Gasteiger partial charge in [-0.25, -0.2) is 0 Å². The fourth-order valence-electron chi connectivity index (χ4n) is 2.84. The van der Waals surface area contributed by atoms with Crippen LogP contribution in [-0.4, -0.2) is 25.2 Å². The van der Waals surface area contributed by atoms with Crippen LogP contribution < -0.4 is 10.1 Å². The Bertz CT molecular complexity index is 693. The quantitative estimate of drug-likeness (QED) is 0.871. The summed E-state index contributed by atoms with van der Waals surface area (Å²) in [6, 6.07) is 15.1. The minimum Gasteiger partial charge on any atom is -0.491 e. The van der Waals surface area contributed by atoms with Crippen LogP contribution in [0.2, 0.25) is 0 Å². The average molecular weight is 325 g/mol. The van der Waals surface area contributed by atoms with E-state index in [1.807, 2.05) is 36.4 Å². The molecule has 1 atom stereocenters. The van der Waals surface area contributed by atoms with E-state index >= 15 is 0 Å². The zero-order valence-electron chi connectivity index (χ0n) is 14.0. The zero-order chi connectivity index (χ0) is 16.8. The summed E-state index contributed by atoms with van der Waals surface area (Å²) in [4.78, 5) is 12.5. The lowest BCUT2D eigenvalue weighted by molar-refractivity contribution is 0.0679. The second kappa shape index (κ2) is 7.97. The van der Waals surface area contributed by atoms with E-state index in [9.17, 15) is 4.79 Å². The maximum atomic E-state index is 12.5. The van der Waals surface area contributed by atoms with Gasteiger partial charge in [0.25, 0.3) is 5.91 Å². The summed E-state index contributed by atoms with van der Waals surface area (Å²) in [5.74, 6) is 0.570. The molecule has 1 N–H and O–H groups in total. The van der Waals surface area contributed by atoms with E-state index in [1.54, 1.807) is 12.1 Å². The summed E-state index contributed by atoms with van der Waals surface area (Å²) in [7, 11) is 0. The molecular formula is C20H23NO3. The molecule has 4 nitrogen and oxygen atoms in total. The molecule has 0 aliphatic carbocycles. The molecule has 2 aromatic rings. The first kappa shape index (κ1) is 16.5. The molecule has 24 heavy (non-hydrogen) atoms. The summed E-state index contributed by atoms with van der Waals surface area (Å²) in [5, 5.41) is 2.98. The van der Waals surface area contributed by atoms with E-state index in [0.29, 0.717) is 17.9 Å². The molecule has 126 valence electrons. The minimum absolute atomic E-state index is 0.126. The maximum Gasteiger partial charge on any atom is 0.255 e. The first-order valence-electron chi connectivity index (χ1n) is 8.50. The molecule has 0 spiro atoms. The maximum absolute atomic E-state index is 12.5. The Kier molecular flexibility index (Phi) is 5.49. The standard InChI is InChI=1S/C20H23NO3/c1-2-15-7-3-4-11-19(15)21-20(22)16-8-5-9-17(13-16)24-14-18-10-6-12-23-18/h3-5,7-9,11,13,18H,2,6,10,12,14H2,1H3,(H,21,22)/t18-/m0/s1. The topological polar surface area (TPSA) is 47.6 Å². The van der Waals surface area contributed by atoms with E-state index in [-0.39, 0.29) is 12.0 Å². The number of rotatable bonds is 6. The number of hydrogen-bond donors (Lipinski definition) is 1. The number of amides is 1. The van der Waals surface area contributed by atoms with Gasteiger partial charge in [0.2, 0.25) is 0 Å². The third kappa shape index (κ3) is 4.15. The Morgan fingerprint density at radius 1 is 1.25 bits per heavy atom. The molecular weight excluding hydrogens is 302 g/mol. The largest absolute Gasteiger partial charge is 0.491 e. The van der Waals surface area contributed by atoms with Crippen LogP contribution in [0, 0.1) is 0 Å². The van der Waals surface area contributed by atoms with Crippen LogP contribution in [0.1, 0.15) is 35.7 Å². The van der Waals surface area contributed by atoms with Crippen LogP contribution in [0.5, 0.6) is 5.75 Å². The number of para-hydroxylation sites is 1. The molecule has 1 heterocycles. The van der Waals surface area contributed by atoms with Gasteiger partial charge >= 0.3 is 0 Å². The lowest BCUT2D eigenvalue weighted by Gasteiger charge is -2.13. The number of ether oxygens (including phenoxy) is 2. The Morgan fingerprint density at radius 2 is 2.12 bits per heavy atom. The highest BCUT2D eigenvalue weighted by Gasteiger charge is 2.16. The van der Waals surface area contributed by atoms with Crippen molar-refractivity contribution >= 4 is 11.6 Å². The lowest BCUT2D eigenvalue weighted by atomic mass is 10.1. The number of nitrogens with one attached hydrogen (secondary N) is 1. The predicted molar refractivity (Wildman–Crippen MR) is 94.7 cm³/mol. The van der Waals surface area contributed by atoms with Crippen LogP contribution in [0.15, 0.2) is 48.5 Å². The van der Waals surface area contributed by atoms with E-state index in [2.05, 4.69) is 12.2 Å². The van der Waals surface area contributed by atoms with Gasteiger partial charge < -0.3 is 14.8 Å². The molecule has 1 aliphatic heterocycles. The van der Waals surface area contributed by atoms with Crippen molar-refractivity contribution in [3.8, 4) is 5.75 Å². The second-order valence-electron chi connectivity index (χ2n) is 5.94. The Balaban J connectivity index is 1.65. The fourth-order valence-corrected chi connectivity index (χ4v) is 2.84. The molecule has 1 amide bonds. The van der Waals surface area contributed by atoms with E-state index in [1.165, 1.54) is 0 Å². The van der Waals surface area contributed by atoms with Crippen molar-refractivity contribution in [1.82, 2.24) is 0 Å². The van der Waals surface area contributed by atoms with Crippen LogP contribution in [0.4, 0.5) is 5.69 Å². The highest BCUT2D eigenvalue weighted by atomic mass is 16.5. The van der Waals surface area contributed by atoms with Gasteiger partial charge in [0.15, 0.2) is 0 Å². The SMILES string of the molecule is CCc1ccccc1NC(=O)c1cccc(OC[C@@H]2CCCO2)c1. The van der Waals surface area contributed by atoms with Gasteiger partial charge in [0.05, 0.1) is 6.10 Å². The van der Waals surface area contributed by atoms with Crippen LogP contribution in [0.25, 0.3) is 0 Å². The number of anilines is 1. The summed E-state index contributed by atoms with van der Waals surface area (Å²) in [6.07, 6.45) is 3.17. The molecule has 0 aromatic heterocycles. The Labute approximate surface area is 142 Å². The number of carbonyl (C=O) groups excluding carboxylic acids is 1. The summed E-state index contributed by atoms with van der Waals surface area (Å²) in [6.45, 7) is 3.42. The number of aryl methyl sites for hydroxylation is 1. The molecule has 1 fully saturated rings. The molecule has 1 saturated heterocycles. The van der Waals surface area contributed by atoms with Crippen molar-refractivity contribution in [3.63, 3.8) is 0 Å². The summed E-state index contributed by atoms with van der Waals surface area (Å²) >= 11 is 0. The molecule has 2 aromatic carbocycles. The third-order valence-corrected chi connectivity index (χ3v) is 4.20. The summed E-state index contributed by atoms with van der Waals surface area (Å²) < 4.78 is 11.3. The van der Waals surface area contributed by atoms with Crippen molar-refractivity contribution in [2.24, 2.45) is 0 Å². The van der Waals surface area contributed by atoms with Gasteiger partial charge in [0, 0.05) is 17.9 Å². The highest BCUT2D eigenvalue weighted by Crippen LogP contribution is 2.20. The monoisotopic (exact) mass is 325 g/mol. The van der Waals surface area contributed by atoms with Crippen LogP contribution in [-0.2, 0) is 11.2 Å². The summed E-state index contributed by atoms with van der Waals surface area (Å²) in [5.41, 5.74) is 2.57.